The van der Waals surface area contributed by atoms with E-state index in [-0.39, 0.29) is 29.1 Å². The number of halogens is 1. The van der Waals surface area contributed by atoms with Crippen molar-refractivity contribution in [2.45, 2.75) is 32.2 Å². The van der Waals surface area contributed by atoms with E-state index in [0.717, 1.165) is 30.5 Å². The van der Waals surface area contributed by atoms with E-state index in [0.29, 0.717) is 35.4 Å². The highest BCUT2D eigenvalue weighted by Crippen LogP contribution is 2.39. The van der Waals surface area contributed by atoms with E-state index in [1.54, 1.807) is 12.3 Å². The SMILES string of the molecule is Cc1c(-c2cc3cc(OC(=O)NC4CCCC4C#N)ncc3c(N)c2F)cnc2c1NCCO2. The van der Waals surface area contributed by atoms with Crippen molar-refractivity contribution >= 4 is 28.2 Å². The Morgan fingerprint density at radius 3 is 3.00 bits per heavy atom. The van der Waals surface area contributed by atoms with Crippen molar-refractivity contribution in [1.82, 2.24) is 15.3 Å². The zero-order valence-electron chi connectivity index (χ0n) is 18.5. The number of hydrogen-bond donors (Lipinski definition) is 3. The number of aromatic nitrogens is 2. The molecule has 1 aliphatic heterocycles. The summed E-state index contributed by atoms with van der Waals surface area (Å²) >= 11 is 0. The average molecular weight is 462 g/mol. The van der Waals surface area contributed by atoms with Crippen molar-refractivity contribution in [3.05, 3.63) is 35.9 Å². The van der Waals surface area contributed by atoms with Crippen LogP contribution in [0.3, 0.4) is 0 Å². The molecule has 1 saturated carbocycles. The first-order valence-corrected chi connectivity index (χ1v) is 11.1. The third kappa shape index (κ3) is 3.79. The monoisotopic (exact) mass is 462 g/mol. The molecule has 0 bridgehead atoms. The molecule has 0 saturated heterocycles. The predicted octanol–water partition coefficient (Wildman–Crippen LogP) is 3.91. The van der Waals surface area contributed by atoms with Gasteiger partial charge in [-0.05, 0) is 43.2 Å². The lowest BCUT2D eigenvalue weighted by Gasteiger charge is -2.22. The highest BCUT2D eigenvalue weighted by molar-refractivity contribution is 5.98. The zero-order chi connectivity index (χ0) is 23.8. The van der Waals surface area contributed by atoms with Crippen LogP contribution in [0.1, 0.15) is 24.8 Å². The number of nitrogens with two attached hydrogens (primary N) is 1. The van der Waals surface area contributed by atoms with Crippen LogP contribution < -0.4 is 25.8 Å². The van der Waals surface area contributed by atoms with Crippen molar-refractivity contribution in [3.63, 3.8) is 0 Å². The second-order valence-electron chi connectivity index (χ2n) is 8.45. The maximum Gasteiger partial charge on any atom is 0.414 e. The molecule has 3 heterocycles. The molecule has 1 aliphatic carbocycles. The van der Waals surface area contributed by atoms with Crippen molar-refractivity contribution in [3.8, 4) is 29.0 Å². The minimum atomic E-state index is -0.685. The van der Waals surface area contributed by atoms with E-state index < -0.39 is 11.9 Å². The van der Waals surface area contributed by atoms with Gasteiger partial charge in [-0.25, -0.2) is 19.2 Å². The molecule has 174 valence electrons. The van der Waals surface area contributed by atoms with Gasteiger partial charge < -0.3 is 25.8 Å². The number of pyridine rings is 2. The van der Waals surface area contributed by atoms with Crippen LogP contribution in [0, 0.1) is 30.0 Å². The van der Waals surface area contributed by atoms with E-state index in [1.165, 1.54) is 12.3 Å². The number of rotatable bonds is 3. The fourth-order valence-electron chi connectivity index (χ4n) is 4.58. The Morgan fingerprint density at radius 2 is 2.18 bits per heavy atom. The molecule has 1 aromatic carbocycles. The van der Waals surface area contributed by atoms with Gasteiger partial charge in [0.15, 0.2) is 5.82 Å². The molecule has 1 amide bonds. The number of benzene rings is 1. The van der Waals surface area contributed by atoms with Gasteiger partial charge in [-0.1, -0.05) is 0 Å². The number of fused-ring (bicyclic) bond motifs is 2. The summed E-state index contributed by atoms with van der Waals surface area (Å²) in [4.78, 5) is 20.8. The predicted molar refractivity (Wildman–Crippen MR) is 124 cm³/mol. The highest BCUT2D eigenvalue weighted by atomic mass is 19.1. The Labute approximate surface area is 195 Å². The van der Waals surface area contributed by atoms with Gasteiger partial charge in [-0.15, -0.1) is 0 Å². The molecule has 9 nitrogen and oxygen atoms in total. The third-order valence-electron chi connectivity index (χ3n) is 6.39. The lowest BCUT2D eigenvalue weighted by atomic mass is 9.97. The molecule has 5 rings (SSSR count). The van der Waals surface area contributed by atoms with Crippen molar-refractivity contribution in [1.29, 1.82) is 5.26 Å². The number of carbonyl (C=O) groups is 1. The maximum absolute atomic E-state index is 15.3. The Kier molecular flexibility index (Phi) is 5.53. The second kappa shape index (κ2) is 8.67. The van der Waals surface area contributed by atoms with Gasteiger partial charge in [-0.2, -0.15) is 5.26 Å². The molecular weight excluding hydrogens is 439 g/mol. The zero-order valence-corrected chi connectivity index (χ0v) is 18.5. The van der Waals surface area contributed by atoms with E-state index in [2.05, 4.69) is 26.7 Å². The molecule has 0 spiro atoms. The molecule has 2 unspecified atom stereocenters. The second-order valence-corrected chi connectivity index (χ2v) is 8.45. The van der Waals surface area contributed by atoms with Gasteiger partial charge >= 0.3 is 6.09 Å². The van der Waals surface area contributed by atoms with Crippen LogP contribution in [0.4, 0.5) is 20.6 Å². The van der Waals surface area contributed by atoms with Crippen LogP contribution in [0.15, 0.2) is 24.5 Å². The Balaban J connectivity index is 1.47. The maximum atomic E-state index is 15.3. The van der Waals surface area contributed by atoms with Crippen LogP contribution in [0.25, 0.3) is 21.9 Å². The lowest BCUT2D eigenvalue weighted by molar-refractivity contribution is 0.192. The van der Waals surface area contributed by atoms with Gasteiger partial charge in [0.2, 0.25) is 11.8 Å². The smallest absolute Gasteiger partial charge is 0.414 e. The summed E-state index contributed by atoms with van der Waals surface area (Å²) in [5.41, 5.74) is 8.41. The first kappa shape index (κ1) is 21.7. The third-order valence-corrected chi connectivity index (χ3v) is 6.39. The van der Waals surface area contributed by atoms with Gasteiger partial charge in [0.05, 0.1) is 17.7 Å². The molecule has 3 aromatic rings. The van der Waals surface area contributed by atoms with Crippen LogP contribution in [-0.4, -0.2) is 35.3 Å². The Hall–Kier alpha value is -4.13. The first-order chi connectivity index (χ1) is 16.5. The standard InChI is InChI=1S/C24H23FN6O3/c1-12-16(10-30-23-22(12)28-5-6-33-23)15-7-14-8-19(29-11-17(14)21(27)20(15)25)34-24(32)31-18-4-2-3-13(18)9-26/h7-8,10-11,13,18,28H,2-6,27H2,1H3,(H,31,32). The fraction of sp³-hybridized carbons (Fsp3) is 0.333. The first-order valence-electron chi connectivity index (χ1n) is 11.1. The number of nitrogens with one attached hydrogen (secondary N) is 2. The fourth-order valence-corrected chi connectivity index (χ4v) is 4.58. The number of nitrogen functional groups attached to an aromatic ring is 1. The molecular formula is C24H23FN6O3. The van der Waals surface area contributed by atoms with E-state index in [1.807, 2.05) is 6.92 Å². The summed E-state index contributed by atoms with van der Waals surface area (Å²) in [6.07, 6.45) is 4.61. The molecule has 10 heteroatoms. The molecule has 0 radical (unpaired) electrons. The van der Waals surface area contributed by atoms with E-state index in [9.17, 15) is 10.1 Å². The van der Waals surface area contributed by atoms with Gasteiger partial charge in [0, 0.05) is 47.6 Å². The number of ether oxygens (including phenoxy) is 2. The Bertz CT molecular complexity index is 1340. The van der Waals surface area contributed by atoms with Crippen molar-refractivity contribution in [2.24, 2.45) is 5.92 Å². The summed E-state index contributed by atoms with van der Waals surface area (Å²) in [7, 11) is 0. The molecule has 2 aromatic heterocycles. The van der Waals surface area contributed by atoms with Gasteiger partial charge in [0.25, 0.3) is 0 Å². The highest BCUT2D eigenvalue weighted by Gasteiger charge is 2.29. The van der Waals surface area contributed by atoms with Crippen molar-refractivity contribution in [2.75, 3.05) is 24.2 Å². The van der Waals surface area contributed by atoms with Crippen LogP contribution in [0.5, 0.6) is 11.8 Å². The summed E-state index contributed by atoms with van der Waals surface area (Å²) in [6, 6.07) is 5.14. The van der Waals surface area contributed by atoms with E-state index in [4.69, 9.17) is 15.2 Å². The molecule has 34 heavy (non-hydrogen) atoms. The van der Waals surface area contributed by atoms with E-state index >= 15 is 4.39 Å². The molecule has 2 atom stereocenters. The molecule has 1 fully saturated rings. The van der Waals surface area contributed by atoms with Crippen LogP contribution in [-0.2, 0) is 0 Å². The minimum absolute atomic E-state index is 0.0452. The van der Waals surface area contributed by atoms with Crippen LogP contribution >= 0.6 is 0 Å². The van der Waals surface area contributed by atoms with Gasteiger partial charge in [-0.3, -0.25) is 0 Å². The molecule has 4 N–H and O–H groups in total. The quantitative estimate of drug-likeness (QED) is 0.499. The lowest BCUT2D eigenvalue weighted by Crippen LogP contribution is -2.38. The summed E-state index contributed by atoms with van der Waals surface area (Å²) in [5.74, 6) is -0.279. The summed E-state index contributed by atoms with van der Waals surface area (Å²) in [5, 5.41) is 16.1. The largest absolute Gasteiger partial charge is 0.474 e. The van der Waals surface area contributed by atoms with Gasteiger partial charge in [0.1, 0.15) is 12.3 Å². The summed E-state index contributed by atoms with van der Waals surface area (Å²) in [6.45, 7) is 3.00. The van der Waals surface area contributed by atoms with Crippen molar-refractivity contribution < 1.29 is 18.7 Å². The van der Waals surface area contributed by atoms with Crippen LogP contribution in [0.2, 0.25) is 0 Å². The summed E-state index contributed by atoms with van der Waals surface area (Å²) < 4.78 is 26.2. The number of anilines is 2. The number of carbonyl (C=O) groups excluding carboxylic acids is 1. The number of nitriles is 1. The topological polar surface area (TPSA) is 135 Å². The number of hydrogen-bond acceptors (Lipinski definition) is 8. The average Bonchev–Trinajstić information content (AvgIpc) is 3.29. The number of amides is 1. The number of nitrogens with zero attached hydrogens (tertiary/aromatic N) is 3. The minimum Gasteiger partial charge on any atom is -0.474 e. The normalized spacial score (nSPS) is 19.0. The molecule has 2 aliphatic rings. The Morgan fingerprint density at radius 1 is 1.32 bits per heavy atom.